The molecule has 0 saturated carbocycles. The van der Waals surface area contributed by atoms with Crippen molar-refractivity contribution in [1.82, 2.24) is 24.3 Å². The van der Waals surface area contributed by atoms with Gasteiger partial charge < -0.3 is 14.2 Å². The number of aryl methyl sites for hydroxylation is 1. The maximum atomic E-state index is 5.30. The molecule has 1 aromatic heterocycles. The van der Waals surface area contributed by atoms with Gasteiger partial charge in [0.15, 0.2) is 0 Å². The third-order valence-corrected chi connectivity index (χ3v) is 5.47. The highest BCUT2D eigenvalue weighted by molar-refractivity contribution is 4.75. The van der Waals surface area contributed by atoms with Gasteiger partial charge in [0.2, 0.25) is 0 Å². The van der Waals surface area contributed by atoms with Crippen LogP contribution in [0.4, 0.5) is 0 Å². The van der Waals surface area contributed by atoms with Crippen LogP contribution in [0.1, 0.15) is 61.8 Å². The molecule has 0 aliphatic carbocycles. The van der Waals surface area contributed by atoms with Crippen molar-refractivity contribution in [3.05, 3.63) is 18.7 Å². The molecule has 6 heteroatoms. The molecule has 30 heavy (non-hydrogen) atoms. The number of imidazole rings is 1. The number of rotatable bonds is 10. The van der Waals surface area contributed by atoms with Crippen molar-refractivity contribution in [2.75, 3.05) is 53.0 Å². The molecule has 0 aromatic carbocycles. The highest BCUT2D eigenvalue weighted by Crippen LogP contribution is 2.06. The molecule has 1 aliphatic rings. The van der Waals surface area contributed by atoms with Gasteiger partial charge in [-0.2, -0.15) is 0 Å². The molecule has 178 valence electrons. The first-order valence-corrected chi connectivity index (χ1v) is 12.0. The van der Waals surface area contributed by atoms with E-state index in [0.717, 1.165) is 45.9 Å². The van der Waals surface area contributed by atoms with Crippen molar-refractivity contribution in [2.45, 2.75) is 86.5 Å². The van der Waals surface area contributed by atoms with Gasteiger partial charge in [-0.15, -0.1) is 0 Å². The fourth-order valence-electron chi connectivity index (χ4n) is 3.35. The van der Waals surface area contributed by atoms with E-state index in [9.17, 15) is 0 Å². The minimum atomic E-state index is 0.632. The number of nitrogens with zero attached hydrogens (tertiary/aromatic N) is 5. The quantitative estimate of drug-likeness (QED) is 0.565. The summed E-state index contributed by atoms with van der Waals surface area (Å²) in [7, 11) is 2.19. The Labute approximate surface area is 187 Å². The van der Waals surface area contributed by atoms with E-state index in [1.807, 2.05) is 32.6 Å². The van der Waals surface area contributed by atoms with Crippen LogP contribution in [-0.4, -0.2) is 95.4 Å². The molecule has 1 aliphatic heterocycles. The lowest BCUT2D eigenvalue weighted by Gasteiger charge is -2.30. The van der Waals surface area contributed by atoms with Crippen molar-refractivity contribution in [2.24, 2.45) is 0 Å². The second-order valence-corrected chi connectivity index (χ2v) is 8.61. The van der Waals surface area contributed by atoms with Crippen LogP contribution < -0.4 is 0 Å². The molecule has 0 spiro atoms. The molecule has 1 fully saturated rings. The van der Waals surface area contributed by atoms with Crippen LogP contribution >= 0.6 is 0 Å². The molecule has 1 saturated heterocycles. The van der Waals surface area contributed by atoms with E-state index in [2.05, 4.69) is 72.8 Å². The van der Waals surface area contributed by atoms with Gasteiger partial charge in [0.25, 0.3) is 0 Å². The van der Waals surface area contributed by atoms with Crippen LogP contribution in [0.5, 0.6) is 0 Å². The highest BCUT2D eigenvalue weighted by atomic mass is 16.5. The SMILES string of the molecule is CC.CC(C)N(C)CCN1CCOCC1.CC(C)N(CCCn1ccnc1)C(C)C. The zero-order valence-corrected chi connectivity index (χ0v) is 21.5. The molecule has 0 radical (unpaired) electrons. The van der Waals surface area contributed by atoms with Crippen LogP contribution in [0.3, 0.4) is 0 Å². The van der Waals surface area contributed by atoms with Crippen molar-refractivity contribution in [3.8, 4) is 0 Å². The van der Waals surface area contributed by atoms with Crippen LogP contribution in [0.15, 0.2) is 18.7 Å². The maximum Gasteiger partial charge on any atom is 0.0945 e. The van der Waals surface area contributed by atoms with Gasteiger partial charge in [-0.1, -0.05) is 13.8 Å². The fourth-order valence-corrected chi connectivity index (χ4v) is 3.35. The van der Waals surface area contributed by atoms with Gasteiger partial charge in [-0.25, -0.2) is 4.98 Å². The zero-order valence-electron chi connectivity index (χ0n) is 21.5. The molecular formula is C24H51N5O. The summed E-state index contributed by atoms with van der Waals surface area (Å²) >= 11 is 0. The number of hydrogen-bond donors (Lipinski definition) is 0. The average molecular weight is 426 g/mol. The van der Waals surface area contributed by atoms with Crippen molar-refractivity contribution in [1.29, 1.82) is 0 Å². The summed E-state index contributed by atoms with van der Waals surface area (Å²) in [6.07, 6.45) is 6.93. The number of aromatic nitrogens is 2. The lowest BCUT2D eigenvalue weighted by atomic mass is 10.2. The largest absolute Gasteiger partial charge is 0.379 e. The van der Waals surface area contributed by atoms with Gasteiger partial charge in [0.1, 0.15) is 0 Å². The van der Waals surface area contributed by atoms with E-state index in [1.54, 1.807) is 0 Å². The summed E-state index contributed by atoms with van der Waals surface area (Å²) < 4.78 is 7.44. The lowest BCUT2D eigenvalue weighted by Crippen LogP contribution is -2.41. The van der Waals surface area contributed by atoms with Crippen molar-refractivity contribution >= 4 is 0 Å². The summed E-state index contributed by atoms with van der Waals surface area (Å²) in [5, 5.41) is 0. The Hall–Kier alpha value is -0.950. The Morgan fingerprint density at radius 1 is 0.900 bits per heavy atom. The third-order valence-electron chi connectivity index (χ3n) is 5.47. The van der Waals surface area contributed by atoms with Crippen LogP contribution in [-0.2, 0) is 11.3 Å². The summed E-state index contributed by atoms with van der Waals surface area (Å²) in [5.74, 6) is 0. The first kappa shape index (κ1) is 29.1. The van der Waals surface area contributed by atoms with E-state index >= 15 is 0 Å². The maximum absolute atomic E-state index is 5.30. The monoisotopic (exact) mass is 425 g/mol. The molecule has 1 aromatic rings. The Balaban J connectivity index is 0.000000522. The second kappa shape index (κ2) is 17.7. The molecule has 0 amide bonds. The van der Waals surface area contributed by atoms with E-state index in [4.69, 9.17) is 4.74 Å². The molecule has 0 atom stereocenters. The fraction of sp³-hybridized carbons (Fsp3) is 0.875. The third kappa shape index (κ3) is 13.4. The number of hydrogen-bond acceptors (Lipinski definition) is 5. The molecular weight excluding hydrogens is 374 g/mol. The Morgan fingerprint density at radius 2 is 1.50 bits per heavy atom. The first-order valence-electron chi connectivity index (χ1n) is 12.0. The Bertz CT molecular complexity index is 462. The van der Waals surface area contributed by atoms with Crippen LogP contribution in [0.2, 0.25) is 0 Å². The van der Waals surface area contributed by atoms with E-state index in [1.165, 1.54) is 13.0 Å². The van der Waals surface area contributed by atoms with Crippen molar-refractivity contribution in [3.63, 3.8) is 0 Å². The minimum absolute atomic E-state index is 0.632. The summed E-state index contributed by atoms with van der Waals surface area (Å²) in [6, 6.07) is 1.92. The summed E-state index contributed by atoms with van der Waals surface area (Å²) in [6.45, 7) is 26.1. The zero-order chi connectivity index (χ0) is 22.9. The summed E-state index contributed by atoms with van der Waals surface area (Å²) in [5.41, 5.74) is 0. The van der Waals surface area contributed by atoms with Gasteiger partial charge in [-0.05, 0) is 55.0 Å². The standard InChI is InChI=1S/C12H23N3.C10H22N2O.C2H6/c1-11(2)15(12(3)4)8-5-7-14-9-6-13-10-14;1-10(2)11(3)4-5-12-6-8-13-9-7-12;1-2/h6,9-12H,5,7-8H2,1-4H3;10H,4-9H2,1-3H3;1-2H3. The topological polar surface area (TPSA) is 36.8 Å². The Kier molecular flexibility index (Phi) is 17.1. The van der Waals surface area contributed by atoms with E-state index in [0.29, 0.717) is 18.1 Å². The molecule has 2 heterocycles. The van der Waals surface area contributed by atoms with Gasteiger partial charge in [0.05, 0.1) is 19.5 Å². The highest BCUT2D eigenvalue weighted by Gasteiger charge is 2.12. The Morgan fingerprint density at radius 3 is 1.97 bits per heavy atom. The number of likely N-dealkylation sites (N-methyl/N-ethyl adjacent to an activating group) is 1. The first-order chi connectivity index (χ1) is 14.3. The lowest BCUT2D eigenvalue weighted by molar-refractivity contribution is 0.0333. The second-order valence-electron chi connectivity index (χ2n) is 8.61. The number of morpholine rings is 1. The van der Waals surface area contributed by atoms with Gasteiger partial charge in [-0.3, -0.25) is 9.80 Å². The molecule has 0 bridgehead atoms. The normalized spacial score (nSPS) is 14.9. The molecule has 0 N–H and O–H groups in total. The van der Waals surface area contributed by atoms with E-state index in [-0.39, 0.29) is 0 Å². The average Bonchev–Trinajstić information content (AvgIpc) is 3.25. The predicted octanol–water partition coefficient (Wildman–Crippen LogP) is 4.08. The summed E-state index contributed by atoms with van der Waals surface area (Å²) in [4.78, 5) is 11.4. The van der Waals surface area contributed by atoms with E-state index < -0.39 is 0 Å². The number of ether oxygens (including phenoxy) is 1. The minimum Gasteiger partial charge on any atom is -0.379 e. The van der Waals surface area contributed by atoms with Gasteiger partial charge in [0, 0.05) is 69.8 Å². The molecule has 2 rings (SSSR count). The van der Waals surface area contributed by atoms with Gasteiger partial charge >= 0.3 is 0 Å². The predicted molar refractivity (Wildman–Crippen MR) is 130 cm³/mol. The van der Waals surface area contributed by atoms with Crippen LogP contribution in [0.25, 0.3) is 0 Å². The van der Waals surface area contributed by atoms with Crippen LogP contribution in [0, 0.1) is 0 Å². The molecule has 0 unspecified atom stereocenters. The van der Waals surface area contributed by atoms with Crippen molar-refractivity contribution < 1.29 is 4.74 Å². The molecule has 6 nitrogen and oxygen atoms in total. The smallest absolute Gasteiger partial charge is 0.0945 e.